The molecule has 0 aliphatic rings. The summed E-state index contributed by atoms with van der Waals surface area (Å²) in [4.78, 5) is 10.3. The van der Waals surface area contributed by atoms with Crippen LogP contribution in [0.2, 0.25) is 0 Å². The van der Waals surface area contributed by atoms with E-state index in [1.54, 1.807) is 12.1 Å². The molecule has 0 bridgehead atoms. The summed E-state index contributed by atoms with van der Waals surface area (Å²) >= 11 is -0.916. The fraction of sp³-hybridized carbons (Fsp3) is 0. The van der Waals surface area contributed by atoms with Crippen LogP contribution in [0.5, 0.6) is 0 Å². The Morgan fingerprint density at radius 1 is 1.27 bits per heavy atom. The van der Waals surface area contributed by atoms with Gasteiger partial charge >= 0.3 is 27.6 Å². The molecule has 1 aromatic carbocycles. The van der Waals surface area contributed by atoms with Crippen molar-refractivity contribution >= 4 is 5.97 Å². The molecule has 0 unspecified atom stereocenters. The maximum Gasteiger partial charge on any atom is 0.519 e. The monoisotopic (exact) mass is 265 g/mol. The maximum atomic E-state index is 10.3. The van der Waals surface area contributed by atoms with Crippen LogP contribution in [0.25, 0.3) is 0 Å². The number of hydrogen-bond acceptors (Lipinski definition) is 2. The zero-order chi connectivity index (χ0) is 8.27. The lowest BCUT2D eigenvalue weighted by atomic mass is 10.2. The molecule has 0 amide bonds. The third-order valence-corrected chi connectivity index (χ3v) is 2.46. The Morgan fingerprint density at radius 3 is 2.18 bits per heavy atom. The van der Waals surface area contributed by atoms with Crippen LogP contribution in [-0.4, -0.2) is 14.5 Å². The Bertz CT molecular complexity index is 255. The number of carboxylic acids is 1. The molecular weight excluding hydrogens is 259 g/mol. The number of carbonyl (C=O) groups is 1. The first kappa shape index (κ1) is 8.48. The van der Waals surface area contributed by atoms with Crippen molar-refractivity contribution in [3.05, 3.63) is 33.4 Å². The Hall–Kier alpha value is -0.620. The zero-order valence-electron chi connectivity index (χ0n) is 5.49. The molecule has 3 nitrogen and oxygen atoms in total. The van der Waals surface area contributed by atoms with Crippen LogP contribution in [0.4, 0.5) is 0 Å². The predicted octanol–water partition coefficient (Wildman–Crippen LogP) is -2.45. The first-order valence-corrected chi connectivity index (χ1v) is 4.90. The summed E-state index contributed by atoms with van der Waals surface area (Å²) in [6.07, 6.45) is 0. The third kappa shape index (κ3) is 2.16. The van der Waals surface area contributed by atoms with Crippen molar-refractivity contribution in [2.75, 3.05) is 0 Å². The predicted molar refractivity (Wildman–Crippen MR) is 34.3 cm³/mol. The lowest BCUT2D eigenvalue weighted by Crippen LogP contribution is -3.61. The van der Waals surface area contributed by atoms with Crippen molar-refractivity contribution in [3.63, 3.8) is 0 Å². The minimum Gasteiger partial charge on any atom is -0.478 e. The molecule has 58 valence electrons. The molecule has 0 aliphatic heterocycles. The normalized spacial score (nSPS) is 9.55. The van der Waals surface area contributed by atoms with Crippen molar-refractivity contribution in [2.24, 2.45) is 0 Å². The first-order chi connectivity index (χ1) is 5.24. The molecule has 2 N–H and O–H groups in total. The Kier molecular flexibility index (Phi) is 2.84. The van der Waals surface area contributed by atoms with E-state index < -0.39 is 27.6 Å². The van der Waals surface area contributed by atoms with E-state index in [-0.39, 0.29) is 5.56 Å². The largest absolute Gasteiger partial charge is 0.519 e. The molecule has 0 aliphatic carbocycles. The van der Waals surface area contributed by atoms with Crippen LogP contribution in [-0.2, 0) is 0 Å². The van der Waals surface area contributed by atoms with E-state index in [4.69, 9.17) is 8.54 Å². The molecule has 11 heavy (non-hydrogen) atoms. The Balaban J connectivity index is 2.91. The van der Waals surface area contributed by atoms with E-state index in [0.717, 1.165) is 3.57 Å². The summed E-state index contributed by atoms with van der Waals surface area (Å²) in [5.41, 5.74) is 0.256. The minimum atomic E-state index is -0.937. The molecule has 1 aromatic rings. The summed E-state index contributed by atoms with van der Waals surface area (Å²) < 4.78 is 9.56. The van der Waals surface area contributed by atoms with Crippen molar-refractivity contribution < 1.29 is 35.0 Å². The topological polar surface area (TPSA) is 57.5 Å². The van der Waals surface area contributed by atoms with E-state index in [1.165, 1.54) is 12.1 Å². The van der Waals surface area contributed by atoms with Crippen LogP contribution in [0.15, 0.2) is 24.3 Å². The lowest BCUT2D eigenvalue weighted by Gasteiger charge is -1.88. The smallest absolute Gasteiger partial charge is 0.478 e. The number of hydrogen-bond donors (Lipinski definition) is 2. The average molecular weight is 265 g/mol. The highest BCUT2D eigenvalue weighted by Crippen LogP contribution is 1.96. The highest BCUT2D eigenvalue weighted by atomic mass is 127. The Morgan fingerprint density at radius 2 is 1.82 bits per heavy atom. The van der Waals surface area contributed by atoms with Gasteiger partial charge in [-0.1, -0.05) is 0 Å². The molecular formula is C7H6IO3+. The maximum absolute atomic E-state index is 10.3. The number of benzene rings is 1. The Labute approximate surface area is 74.5 Å². The van der Waals surface area contributed by atoms with Gasteiger partial charge in [0, 0.05) is 0 Å². The van der Waals surface area contributed by atoms with E-state index in [1.807, 2.05) is 0 Å². The standard InChI is InChI=1S/C7H5IO3/c9-7(10)5-1-3-6(8-11)4-2-5/h1-4,11H/p+1. The van der Waals surface area contributed by atoms with Crippen molar-refractivity contribution in [2.45, 2.75) is 0 Å². The molecule has 0 fully saturated rings. The van der Waals surface area contributed by atoms with Crippen LogP contribution in [0, 0.1) is 3.57 Å². The second kappa shape index (κ2) is 3.68. The number of carboxylic acid groups (broad SMARTS) is 1. The van der Waals surface area contributed by atoms with Gasteiger partial charge in [0.1, 0.15) is 0 Å². The summed E-state index contributed by atoms with van der Waals surface area (Å²) in [7, 11) is 0. The van der Waals surface area contributed by atoms with E-state index in [9.17, 15) is 4.79 Å². The van der Waals surface area contributed by atoms with Gasteiger partial charge < -0.3 is 5.11 Å². The van der Waals surface area contributed by atoms with Gasteiger partial charge in [-0.2, -0.15) is 3.44 Å². The van der Waals surface area contributed by atoms with Gasteiger partial charge in [-0.25, -0.2) is 4.79 Å². The molecule has 0 saturated heterocycles. The summed E-state index contributed by atoms with van der Waals surface area (Å²) in [6.45, 7) is 0. The minimum absolute atomic E-state index is 0.256. The number of aromatic carboxylic acids is 1. The molecule has 4 heteroatoms. The van der Waals surface area contributed by atoms with Crippen molar-refractivity contribution in [3.8, 4) is 0 Å². The van der Waals surface area contributed by atoms with Crippen LogP contribution < -0.4 is 21.6 Å². The van der Waals surface area contributed by atoms with Crippen LogP contribution in [0.1, 0.15) is 10.4 Å². The van der Waals surface area contributed by atoms with E-state index >= 15 is 0 Å². The lowest BCUT2D eigenvalue weighted by molar-refractivity contribution is -0.866. The number of halogens is 1. The average Bonchev–Trinajstić information content (AvgIpc) is 2.05. The van der Waals surface area contributed by atoms with Crippen LogP contribution >= 0.6 is 0 Å². The fourth-order valence-electron chi connectivity index (χ4n) is 0.649. The molecule has 0 saturated carbocycles. The first-order valence-electron chi connectivity index (χ1n) is 2.86. The van der Waals surface area contributed by atoms with Gasteiger partial charge in [-0.15, -0.1) is 0 Å². The van der Waals surface area contributed by atoms with Crippen molar-refractivity contribution in [1.29, 1.82) is 0 Å². The quantitative estimate of drug-likeness (QED) is 0.584. The molecule has 0 atom stereocenters. The van der Waals surface area contributed by atoms with E-state index in [0.29, 0.717) is 0 Å². The van der Waals surface area contributed by atoms with E-state index in [2.05, 4.69) is 0 Å². The van der Waals surface area contributed by atoms with Crippen molar-refractivity contribution in [1.82, 2.24) is 0 Å². The zero-order valence-corrected chi connectivity index (χ0v) is 7.65. The summed E-state index contributed by atoms with van der Waals surface area (Å²) in [5.74, 6) is -0.937. The van der Waals surface area contributed by atoms with Gasteiger partial charge in [-0.05, 0) is 24.3 Å². The fourth-order valence-corrected chi connectivity index (χ4v) is 1.33. The molecule has 0 aromatic heterocycles. The van der Waals surface area contributed by atoms with Gasteiger partial charge in [0.05, 0.1) is 5.56 Å². The highest BCUT2D eigenvalue weighted by molar-refractivity contribution is 5.87. The van der Waals surface area contributed by atoms with Gasteiger partial charge in [0.15, 0.2) is 0 Å². The summed E-state index contributed by atoms with van der Waals surface area (Å²) in [5, 5.41) is 8.49. The molecule has 0 spiro atoms. The van der Waals surface area contributed by atoms with Gasteiger partial charge in [0.25, 0.3) is 0 Å². The van der Waals surface area contributed by atoms with Gasteiger partial charge in [0.2, 0.25) is 3.57 Å². The number of rotatable bonds is 2. The molecule has 1 rings (SSSR count). The third-order valence-electron chi connectivity index (χ3n) is 1.19. The second-order valence-corrected chi connectivity index (χ2v) is 3.62. The SMILES string of the molecule is O=C(O)c1ccc([I+]O)cc1. The molecule has 0 radical (unpaired) electrons. The van der Waals surface area contributed by atoms with Crippen LogP contribution in [0.3, 0.4) is 0 Å². The highest BCUT2D eigenvalue weighted by Gasteiger charge is 2.09. The molecule has 0 heterocycles. The van der Waals surface area contributed by atoms with Gasteiger partial charge in [-0.3, -0.25) is 0 Å². The summed E-state index contributed by atoms with van der Waals surface area (Å²) in [6, 6.07) is 6.26. The second-order valence-electron chi connectivity index (χ2n) is 1.90.